The molecule has 1 saturated heterocycles. The minimum atomic E-state index is -0.323. The zero-order valence-corrected chi connectivity index (χ0v) is 16.4. The van der Waals surface area contributed by atoms with E-state index >= 15 is 0 Å². The summed E-state index contributed by atoms with van der Waals surface area (Å²) in [5.74, 6) is 0.758. The number of hydrogen-bond donors (Lipinski definition) is 1. The van der Waals surface area contributed by atoms with Gasteiger partial charge in [0.2, 0.25) is 5.91 Å². The molecule has 0 radical (unpaired) electrons. The molecule has 3 aromatic rings. The zero-order valence-electron chi connectivity index (χ0n) is 15.6. The number of rotatable bonds is 6. The second kappa shape index (κ2) is 8.16. The number of carbonyl (C=O) groups is 1. The third kappa shape index (κ3) is 3.81. The second-order valence-electron chi connectivity index (χ2n) is 6.79. The Morgan fingerprint density at radius 3 is 2.86 bits per heavy atom. The largest absolute Gasteiger partial charge is 0.368 e. The molecule has 1 aliphatic heterocycles. The van der Waals surface area contributed by atoms with Gasteiger partial charge in [0.15, 0.2) is 5.82 Å². The Hall–Kier alpha value is -2.64. The van der Waals surface area contributed by atoms with E-state index in [1.165, 1.54) is 0 Å². The van der Waals surface area contributed by atoms with Crippen LogP contribution in [0, 0.1) is 0 Å². The highest BCUT2D eigenvalue weighted by Gasteiger charge is 2.23. The number of nitrogens with zero attached hydrogens (tertiary/aromatic N) is 4. The third-order valence-corrected chi connectivity index (χ3v) is 5.12. The lowest BCUT2D eigenvalue weighted by molar-refractivity contribution is -0.130. The van der Waals surface area contributed by atoms with Crippen molar-refractivity contribution in [3.63, 3.8) is 0 Å². The van der Waals surface area contributed by atoms with Gasteiger partial charge in [-0.1, -0.05) is 23.7 Å². The van der Waals surface area contributed by atoms with Gasteiger partial charge in [-0.15, -0.1) is 0 Å². The molecule has 0 spiro atoms. The Balaban J connectivity index is 1.57. The van der Waals surface area contributed by atoms with Crippen molar-refractivity contribution >= 4 is 17.5 Å². The maximum atomic E-state index is 12.2. The van der Waals surface area contributed by atoms with Crippen molar-refractivity contribution in [2.24, 2.45) is 7.05 Å². The molecule has 3 heterocycles. The van der Waals surface area contributed by atoms with E-state index in [0.717, 1.165) is 35.5 Å². The Kier molecular flexibility index (Phi) is 5.45. The highest BCUT2D eigenvalue weighted by molar-refractivity contribution is 6.30. The predicted octanol–water partition coefficient (Wildman–Crippen LogP) is 2.90. The summed E-state index contributed by atoms with van der Waals surface area (Å²) in [5.41, 5.74) is 2.88. The van der Waals surface area contributed by atoms with Gasteiger partial charge in [-0.3, -0.25) is 9.48 Å². The molecule has 4 rings (SSSR count). The van der Waals surface area contributed by atoms with E-state index in [9.17, 15) is 4.79 Å². The van der Waals surface area contributed by atoms with Crippen molar-refractivity contribution in [3.8, 4) is 22.6 Å². The lowest BCUT2D eigenvalue weighted by Crippen LogP contribution is -2.36. The van der Waals surface area contributed by atoms with Gasteiger partial charge in [0.25, 0.3) is 0 Å². The first-order chi connectivity index (χ1) is 13.6. The van der Waals surface area contributed by atoms with Crippen LogP contribution in [0.2, 0.25) is 5.02 Å². The van der Waals surface area contributed by atoms with Gasteiger partial charge >= 0.3 is 0 Å². The van der Waals surface area contributed by atoms with Gasteiger partial charge in [-0.2, -0.15) is 5.10 Å². The summed E-state index contributed by atoms with van der Waals surface area (Å²) in [6.07, 6.45) is 6.89. The van der Waals surface area contributed by atoms with Gasteiger partial charge in [-0.25, -0.2) is 4.98 Å². The Morgan fingerprint density at radius 2 is 2.18 bits per heavy atom. The van der Waals surface area contributed by atoms with E-state index in [1.54, 1.807) is 6.20 Å². The normalized spacial score (nSPS) is 16.4. The fourth-order valence-corrected chi connectivity index (χ4v) is 3.53. The Bertz CT molecular complexity index is 957. The Morgan fingerprint density at radius 1 is 1.36 bits per heavy atom. The van der Waals surface area contributed by atoms with E-state index < -0.39 is 0 Å². The number of halogens is 1. The van der Waals surface area contributed by atoms with E-state index in [-0.39, 0.29) is 12.0 Å². The van der Waals surface area contributed by atoms with Crippen LogP contribution in [0.4, 0.5) is 0 Å². The van der Waals surface area contributed by atoms with Crippen LogP contribution in [-0.2, 0) is 23.1 Å². The van der Waals surface area contributed by atoms with Crippen LogP contribution >= 0.6 is 11.6 Å². The fraction of sp³-hybridized carbons (Fsp3) is 0.350. The number of imidazole rings is 1. The summed E-state index contributed by atoms with van der Waals surface area (Å²) in [6, 6.07) is 7.65. The van der Waals surface area contributed by atoms with Crippen LogP contribution in [0.3, 0.4) is 0 Å². The average molecular weight is 400 g/mol. The van der Waals surface area contributed by atoms with Crippen LogP contribution in [0.15, 0.2) is 42.9 Å². The SMILES string of the molecule is Cn1ccnc1-c1c(-c2ccc(Cl)cc2)cnn1CCNC(=O)[C@@H]1CCCO1. The summed E-state index contributed by atoms with van der Waals surface area (Å²) in [6.45, 7) is 1.66. The molecule has 1 aliphatic rings. The Labute approximate surface area is 168 Å². The number of amides is 1. The molecule has 1 fully saturated rings. The highest BCUT2D eigenvalue weighted by atomic mass is 35.5. The average Bonchev–Trinajstić information content (AvgIpc) is 3.43. The number of benzene rings is 1. The lowest BCUT2D eigenvalue weighted by atomic mass is 10.1. The highest BCUT2D eigenvalue weighted by Crippen LogP contribution is 2.31. The topological polar surface area (TPSA) is 74.0 Å². The van der Waals surface area contributed by atoms with Gasteiger partial charge in [0.05, 0.1) is 12.7 Å². The number of ether oxygens (including phenoxy) is 1. The molecule has 0 saturated carbocycles. The maximum absolute atomic E-state index is 12.2. The molecule has 0 unspecified atom stereocenters. The summed E-state index contributed by atoms with van der Waals surface area (Å²) in [7, 11) is 1.95. The minimum absolute atomic E-state index is 0.0545. The van der Waals surface area contributed by atoms with E-state index in [0.29, 0.717) is 24.7 Å². The summed E-state index contributed by atoms with van der Waals surface area (Å²) in [5, 5.41) is 8.19. The first-order valence-electron chi connectivity index (χ1n) is 9.32. The molecule has 28 heavy (non-hydrogen) atoms. The number of carbonyl (C=O) groups excluding carboxylic acids is 1. The van der Waals surface area contributed by atoms with Gasteiger partial charge in [0.1, 0.15) is 11.8 Å². The summed E-state index contributed by atoms with van der Waals surface area (Å²) < 4.78 is 9.26. The minimum Gasteiger partial charge on any atom is -0.368 e. The predicted molar refractivity (Wildman–Crippen MR) is 107 cm³/mol. The molecular formula is C20H22ClN5O2. The number of aromatic nitrogens is 4. The van der Waals surface area contributed by atoms with Crippen LogP contribution in [0.1, 0.15) is 12.8 Å². The van der Waals surface area contributed by atoms with E-state index in [4.69, 9.17) is 16.3 Å². The van der Waals surface area contributed by atoms with E-state index in [2.05, 4.69) is 15.4 Å². The van der Waals surface area contributed by atoms with Crippen molar-refractivity contribution in [1.82, 2.24) is 24.6 Å². The maximum Gasteiger partial charge on any atom is 0.249 e. The molecule has 1 atom stereocenters. The first-order valence-corrected chi connectivity index (χ1v) is 9.70. The molecule has 2 aromatic heterocycles. The van der Waals surface area contributed by atoms with Gasteiger partial charge in [0, 0.05) is 43.2 Å². The quantitative estimate of drug-likeness (QED) is 0.691. The van der Waals surface area contributed by atoms with E-state index in [1.807, 2.05) is 53.0 Å². The summed E-state index contributed by atoms with van der Waals surface area (Å²) >= 11 is 6.03. The number of aryl methyl sites for hydroxylation is 1. The standard InChI is InChI=1S/C20H22ClN5O2/c1-25-10-8-22-19(25)18-16(14-4-6-15(21)7-5-14)13-24-26(18)11-9-23-20(27)17-3-2-12-28-17/h4-8,10,13,17H,2-3,9,11-12H2,1H3,(H,23,27)/t17-/m0/s1. The molecule has 7 nitrogen and oxygen atoms in total. The fourth-order valence-electron chi connectivity index (χ4n) is 3.41. The lowest BCUT2D eigenvalue weighted by Gasteiger charge is -2.13. The van der Waals surface area contributed by atoms with Crippen LogP contribution in [0.5, 0.6) is 0 Å². The molecule has 8 heteroatoms. The van der Waals surface area contributed by atoms with Crippen molar-refractivity contribution in [2.75, 3.05) is 13.2 Å². The molecule has 1 aromatic carbocycles. The zero-order chi connectivity index (χ0) is 19.5. The summed E-state index contributed by atoms with van der Waals surface area (Å²) in [4.78, 5) is 16.7. The van der Waals surface area contributed by atoms with Gasteiger partial charge in [-0.05, 0) is 30.5 Å². The van der Waals surface area contributed by atoms with Crippen molar-refractivity contribution in [3.05, 3.63) is 47.9 Å². The van der Waals surface area contributed by atoms with Crippen LogP contribution in [0.25, 0.3) is 22.6 Å². The first kappa shape index (κ1) is 18.7. The molecule has 1 N–H and O–H groups in total. The number of nitrogens with one attached hydrogen (secondary N) is 1. The molecular weight excluding hydrogens is 378 g/mol. The molecule has 0 aliphatic carbocycles. The molecule has 1 amide bonds. The van der Waals surface area contributed by atoms with Crippen molar-refractivity contribution < 1.29 is 9.53 Å². The molecule has 0 bridgehead atoms. The third-order valence-electron chi connectivity index (χ3n) is 4.87. The van der Waals surface area contributed by atoms with Crippen molar-refractivity contribution in [2.45, 2.75) is 25.5 Å². The smallest absolute Gasteiger partial charge is 0.249 e. The van der Waals surface area contributed by atoms with Gasteiger partial charge < -0.3 is 14.6 Å². The van der Waals surface area contributed by atoms with Crippen molar-refractivity contribution in [1.29, 1.82) is 0 Å². The van der Waals surface area contributed by atoms with Crippen LogP contribution in [-0.4, -0.2) is 44.5 Å². The monoisotopic (exact) mass is 399 g/mol. The molecule has 146 valence electrons. The number of hydrogen-bond acceptors (Lipinski definition) is 4. The second-order valence-corrected chi connectivity index (χ2v) is 7.23. The van der Waals surface area contributed by atoms with Crippen LogP contribution < -0.4 is 5.32 Å².